The van der Waals surface area contributed by atoms with Gasteiger partial charge in [-0.3, -0.25) is 25.0 Å². The lowest BCUT2D eigenvalue weighted by atomic mass is 9.94. The van der Waals surface area contributed by atoms with Crippen molar-refractivity contribution >= 4 is 23.0 Å². The summed E-state index contributed by atoms with van der Waals surface area (Å²) in [4.78, 5) is 38.0. The summed E-state index contributed by atoms with van der Waals surface area (Å²) in [5.74, 6) is -0.974. The molecule has 0 bridgehead atoms. The van der Waals surface area contributed by atoms with Crippen molar-refractivity contribution in [3.63, 3.8) is 0 Å². The minimum atomic E-state index is -5.04. The molecule has 2 aliphatic heterocycles. The predicted molar refractivity (Wildman–Crippen MR) is 137 cm³/mol. The first-order chi connectivity index (χ1) is 19.4. The van der Waals surface area contributed by atoms with Crippen LogP contribution in [-0.4, -0.2) is 46.1 Å². The maximum absolute atomic E-state index is 13.8. The number of amides is 1. The van der Waals surface area contributed by atoms with Crippen LogP contribution in [0.15, 0.2) is 66.7 Å². The Labute approximate surface area is 230 Å². The fourth-order valence-electron chi connectivity index (χ4n) is 5.48. The molecule has 1 unspecified atom stereocenters. The average molecular weight is 574 g/mol. The molecule has 1 amide bonds. The van der Waals surface area contributed by atoms with E-state index in [2.05, 4.69) is 0 Å². The third kappa shape index (κ3) is 5.17. The molecular weight excluding hydrogens is 552 g/mol. The number of piperidine rings is 1. The summed E-state index contributed by atoms with van der Waals surface area (Å²) in [5, 5.41) is 23.5. The third-order valence-corrected chi connectivity index (χ3v) is 7.41. The van der Waals surface area contributed by atoms with Crippen LogP contribution < -0.4 is 4.90 Å². The molecule has 0 saturated carbocycles. The molecule has 1 atom stereocenters. The molecule has 14 heteroatoms. The van der Waals surface area contributed by atoms with Gasteiger partial charge in [-0.1, -0.05) is 30.3 Å². The molecule has 3 aromatic rings. The van der Waals surface area contributed by atoms with Crippen LogP contribution in [0.2, 0.25) is 0 Å². The van der Waals surface area contributed by atoms with Gasteiger partial charge < -0.3 is 14.5 Å². The highest BCUT2D eigenvalue weighted by Crippen LogP contribution is 2.48. The Kier molecular flexibility index (Phi) is 7.11. The van der Waals surface area contributed by atoms with Gasteiger partial charge in [0.15, 0.2) is 5.69 Å². The monoisotopic (exact) mass is 574 g/mol. The highest BCUT2D eigenvalue weighted by molar-refractivity contribution is 5.95. The van der Waals surface area contributed by atoms with E-state index in [1.165, 1.54) is 17.0 Å². The van der Waals surface area contributed by atoms with Crippen LogP contribution in [0, 0.1) is 26.0 Å². The number of anilines is 1. The molecule has 2 saturated heterocycles. The second-order valence-corrected chi connectivity index (χ2v) is 9.73. The Hall–Kier alpha value is -4.59. The van der Waals surface area contributed by atoms with Crippen molar-refractivity contribution in [2.24, 2.45) is 0 Å². The Balaban J connectivity index is 1.51. The lowest BCUT2D eigenvalue weighted by Crippen LogP contribution is -2.55. The zero-order chi connectivity index (χ0) is 29.5. The van der Waals surface area contributed by atoms with E-state index in [0.717, 1.165) is 17.7 Å². The SMILES string of the molecule is O=C(c1ccc(F)cc1)N1C(c2ccccc2)COC12CCN(c1c([N+](=O)[O-])cc(C(F)(F)F)cc1[N+](=O)[O-])CC2. The van der Waals surface area contributed by atoms with Crippen molar-refractivity contribution < 1.29 is 36.9 Å². The number of nitrogens with zero attached hydrogens (tertiary/aromatic N) is 4. The normalized spacial score (nSPS) is 18.5. The van der Waals surface area contributed by atoms with Gasteiger partial charge in [-0.15, -0.1) is 0 Å². The van der Waals surface area contributed by atoms with E-state index in [0.29, 0.717) is 0 Å². The fraction of sp³-hybridized carbons (Fsp3) is 0.296. The molecule has 2 aliphatic rings. The smallest absolute Gasteiger partial charge is 0.360 e. The summed E-state index contributed by atoms with van der Waals surface area (Å²) >= 11 is 0. The summed E-state index contributed by atoms with van der Waals surface area (Å²) in [7, 11) is 0. The molecule has 0 radical (unpaired) electrons. The van der Waals surface area contributed by atoms with Crippen LogP contribution in [0.5, 0.6) is 0 Å². The van der Waals surface area contributed by atoms with Gasteiger partial charge >= 0.3 is 6.18 Å². The summed E-state index contributed by atoms with van der Waals surface area (Å²) in [6.45, 7) is -0.0823. The lowest BCUT2D eigenvalue weighted by Gasteiger charge is -2.45. The van der Waals surface area contributed by atoms with E-state index in [4.69, 9.17) is 4.74 Å². The highest BCUT2D eigenvalue weighted by atomic mass is 19.4. The largest absolute Gasteiger partial charge is 0.416 e. The second kappa shape index (κ2) is 10.4. The number of benzene rings is 3. The minimum absolute atomic E-state index is 0.0403. The van der Waals surface area contributed by atoms with Crippen molar-refractivity contribution in [3.05, 3.63) is 109 Å². The number of halogens is 4. The number of ether oxygens (including phenoxy) is 1. The summed E-state index contributed by atoms with van der Waals surface area (Å²) in [5.41, 5.74) is -4.39. The van der Waals surface area contributed by atoms with Crippen LogP contribution >= 0.6 is 0 Å². The highest BCUT2D eigenvalue weighted by Gasteiger charge is 2.53. The first-order valence-corrected chi connectivity index (χ1v) is 12.5. The Morgan fingerprint density at radius 2 is 1.49 bits per heavy atom. The molecular formula is C27H22F4N4O6. The van der Waals surface area contributed by atoms with E-state index >= 15 is 0 Å². The topological polar surface area (TPSA) is 119 Å². The molecule has 0 N–H and O–H groups in total. The maximum Gasteiger partial charge on any atom is 0.416 e. The van der Waals surface area contributed by atoms with Gasteiger partial charge in [-0.25, -0.2) is 4.39 Å². The quantitative estimate of drug-likeness (QED) is 0.212. The molecule has 41 heavy (non-hydrogen) atoms. The third-order valence-electron chi connectivity index (χ3n) is 7.41. The van der Waals surface area contributed by atoms with Crippen LogP contribution in [0.3, 0.4) is 0 Å². The van der Waals surface area contributed by atoms with E-state index in [9.17, 15) is 42.6 Å². The summed E-state index contributed by atoms with van der Waals surface area (Å²) < 4.78 is 59.9. The standard InChI is InChI=1S/C27H22F4N4O6/c28-20-8-6-18(7-9-20)25(36)33-23(17-4-2-1-3-5-17)16-41-26(33)10-12-32(13-11-26)24-21(34(37)38)14-19(27(29,30)31)15-22(24)35(39)40/h1-9,14-15,23H,10-13,16H2. The van der Waals surface area contributed by atoms with E-state index in [1.807, 2.05) is 18.2 Å². The Morgan fingerprint density at radius 3 is 2.00 bits per heavy atom. The molecule has 3 aromatic carbocycles. The average Bonchev–Trinajstić information content (AvgIpc) is 3.31. The lowest BCUT2D eigenvalue weighted by molar-refractivity contribution is -0.393. The van der Waals surface area contributed by atoms with Crippen molar-refractivity contribution in [1.29, 1.82) is 0 Å². The first kappa shape index (κ1) is 28.0. The molecule has 1 spiro atoms. The molecule has 5 rings (SSSR count). The van der Waals surface area contributed by atoms with Crippen LogP contribution in [0.1, 0.15) is 40.4 Å². The number of hydrogen-bond acceptors (Lipinski definition) is 7. The summed E-state index contributed by atoms with van der Waals surface area (Å²) in [6.07, 6.45) is -4.96. The van der Waals surface area contributed by atoms with E-state index < -0.39 is 62.1 Å². The van der Waals surface area contributed by atoms with Gasteiger partial charge in [0.25, 0.3) is 17.3 Å². The molecule has 0 aromatic heterocycles. The van der Waals surface area contributed by atoms with E-state index in [-0.39, 0.29) is 50.2 Å². The van der Waals surface area contributed by atoms with E-state index in [1.54, 1.807) is 17.0 Å². The van der Waals surface area contributed by atoms with Gasteiger partial charge in [0.05, 0.1) is 28.1 Å². The van der Waals surface area contributed by atoms with Gasteiger partial charge in [-0.2, -0.15) is 13.2 Å². The van der Waals surface area contributed by atoms with Crippen LogP contribution in [0.4, 0.5) is 34.6 Å². The number of carbonyl (C=O) groups excluding carboxylic acids is 1. The number of rotatable bonds is 5. The zero-order valence-electron chi connectivity index (χ0n) is 21.2. The number of alkyl halides is 3. The van der Waals surface area contributed by atoms with Crippen molar-refractivity contribution in [3.8, 4) is 0 Å². The molecule has 214 valence electrons. The fourth-order valence-corrected chi connectivity index (χ4v) is 5.48. The zero-order valence-corrected chi connectivity index (χ0v) is 21.2. The van der Waals surface area contributed by atoms with Crippen molar-refractivity contribution in [2.75, 3.05) is 24.6 Å². The molecule has 0 aliphatic carbocycles. The molecule has 10 nitrogen and oxygen atoms in total. The molecule has 2 fully saturated rings. The maximum atomic E-state index is 13.8. The Morgan fingerprint density at radius 1 is 0.927 bits per heavy atom. The minimum Gasteiger partial charge on any atom is -0.360 e. The second-order valence-electron chi connectivity index (χ2n) is 9.73. The predicted octanol–water partition coefficient (Wildman–Crippen LogP) is 5.87. The van der Waals surface area contributed by atoms with Gasteiger partial charge in [-0.05, 0) is 29.8 Å². The van der Waals surface area contributed by atoms with Crippen LogP contribution in [-0.2, 0) is 10.9 Å². The summed E-state index contributed by atoms with van der Waals surface area (Å²) in [6, 6.07) is 14.1. The Bertz CT molecular complexity index is 1460. The number of nitro groups is 2. The number of nitro benzene ring substituents is 2. The van der Waals surface area contributed by atoms with Crippen molar-refractivity contribution in [1.82, 2.24) is 4.90 Å². The molecule has 2 heterocycles. The first-order valence-electron chi connectivity index (χ1n) is 12.5. The van der Waals surface area contributed by atoms with Gasteiger partial charge in [0.1, 0.15) is 11.5 Å². The van der Waals surface area contributed by atoms with Gasteiger partial charge in [0.2, 0.25) is 0 Å². The van der Waals surface area contributed by atoms with Crippen molar-refractivity contribution in [2.45, 2.75) is 30.8 Å². The number of hydrogen-bond donors (Lipinski definition) is 0. The van der Waals surface area contributed by atoms with Crippen LogP contribution in [0.25, 0.3) is 0 Å². The van der Waals surface area contributed by atoms with Gasteiger partial charge in [0, 0.05) is 43.6 Å². The number of carbonyl (C=O) groups is 1.